The number of urea groups is 1. The number of furan rings is 1. The number of nitrogens with one attached hydrogen (secondary N) is 2. The predicted molar refractivity (Wildman–Crippen MR) is 88.1 cm³/mol. The summed E-state index contributed by atoms with van der Waals surface area (Å²) in [6.45, 7) is 1.77. The predicted octanol–water partition coefficient (Wildman–Crippen LogP) is 4.91. The monoisotopic (exact) mass is 354 g/mol. The molecule has 1 fully saturated rings. The highest BCUT2D eigenvalue weighted by atomic mass is 19.4. The maximum atomic E-state index is 12.8. The lowest BCUT2D eigenvalue weighted by Crippen LogP contribution is -2.46. The molecule has 2 amide bonds. The minimum Gasteiger partial charge on any atom is -0.459 e. The average Bonchev–Trinajstić information content (AvgIpc) is 2.98. The van der Waals surface area contributed by atoms with Crippen molar-refractivity contribution in [1.82, 2.24) is 10.6 Å². The van der Waals surface area contributed by atoms with Crippen LogP contribution < -0.4 is 10.6 Å². The fraction of sp³-hybridized carbons (Fsp3) is 0.500. The first kappa shape index (κ1) is 17.6. The molecule has 0 aliphatic heterocycles. The highest BCUT2D eigenvalue weighted by molar-refractivity contribution is 5.78. The van der Waals surface area contributed by atoms with Gasteiger partial charge in [0.15, 0.2) is 0 Å². The Morgan fingerprint density at radius 1 is 1.28 bits per heavy atom. The van der Waals surface area contributed by atoms with Crippen molar-refractivity contribution in [3.63, 3.8) is 0 Å². The number of halogens is 3. The molecule has 4 nitrogen and oxygen atoms in total. The fourth-order valence-corrected chi connectivity index (χ4v) is 3.33. The average molecular weight is 354 g/mol. The summed E-state index contributed by atoms with van der Waals surface area (Å²) in [5, 5.41) is 6.33. The van der Waals surface area contributed by atoms with E-state index in [-0.39, 0.29) is 18.9 Å². The molecular weight excluding hydrogens is 333 g/mol. The van der Waals surface area contributed by atoms with Gasteiger partial charge in [-0.2, -0.15) is 13.2 Å². The van der Waals surface area contributed by atoms with E-state index in [1.54, 1.807) is 6.92 Å². The summed E-state index contributed by atoms with van der Waals surface area (Å²) < 4.78 is 44.2. The molecule has 1 heterocycles. The summed E-state index contributed by atoms with van der Waals surface area (Å²) >= 11 is 0. The van der Waals surface area contributed by atoms with Gasteiger partial charge in [-0.05, 0) is 38.3 Å². The third kappa shape index (κ3) is 4.27. The molecule has 7 heteroatoms. The van der Waals surface area contributed by atoms with E-state index in [2.05, 4.69) is 10.6 Å². The van der Waals surface area contributed by atoms with Gasteiger partial charge in [0.05, 0.1) is 12.0 Å². The number of alkyl halides is 3. The molecule has 0 saturated heterocycles. The lowest BCUT2D eigenvalue weighted by molar-refractivity contribution is -0.183. The Kier molecular flexibility index (Phi) is 4.92. The molecule has 1 saturated carbocycles. The quantitative estimate of drug-likeness (QED) is 0.822. The van der Waals surface area contributed by atoms with E-state index in [1.807, 2.05) is 30.3 Å². The number of fused-ring (bicyclic) bond motifs is 1. The van der Waals surface area contributed by atoms with E-state index in [1.165, 1.54) is 0 Å². The topological polar surface area (TPSA) is 54.3 Å². The molecule has 3 atom stereocenters. The van der Waals surface area contributed by atoms with Crippen LogP contribution in [0.3, 0.4) is 0 Å². The molecule has 1 aliphatic carbocycles. The minimum atomic E-state index is -4.20. The lowest BCUT2D eigenvalue weighted by Gasteiger charge is -2.31. The van der Waals surface area contributed by atoms with E-state index in [0.717, 1.165) is 11.0 Å². The van der Waals surface area contributed by atoms with Gasteiger partial charge in [-0.25, -0.2) is 4.79 Å². The van der Waals surface area contributed by atoms with Crippen LogP contribution >= 0.6 is 0 Å². The van der Waals surface area contributed by atoms with Crippen LogP contribution in [0.2, 0.25) is 0 Å². The first-order valence-electron chi connectivity index (χ1n) is 8.45. The van der Waals surface area contributed by atoms with Gasteiger partial charge in [0.1, 0.15) is 11.3 Å². The second-order valence-electron chi connectivity index (χ2n) is 6.63. The van der Waals surface area contributed by atoms with Gasteiger partial charge in [0, 0.05) is 11.4 Å². The van der Waals surface area contributed by atoms with Crippen LogP contribution in [-0.4, -0.2) is 18.2 Å². The third-order valence-corrected chi connectivity index (χ3v) is 4.69. The highest BCUT2D eigenvalue weighted by Crippen LogP contribution is 2.37. The Morgan fingerprint density at radius 2 is 2.04 bits per heavy atom. The summed E-state index contributed by atoms with van der Waals surface area (Å²) in [7, 11) is 0. The van der Waals surface area contributed by atoms with Crippen LogP contribution in [0.25, 0.3) is 11.0 Å². The standard InChI is InChI=1S/C18H21F3N2O2/c1-11(16-9-12-5-2-3-8-15(12)25-16)22-17(24)23-14-7-4-6-13(10-14)18(19,20)21/h2-3,5,8-9,11,13-14H,4,6-7,10H2,1H3,(H2,22,23,24). The molecule has 0 radical (unpaired) electrons. The molecule has 1 aromatic heterocycles. The van der Waals surface area contributed by atoms with Crippen molar-refractivity contribution in [3.05, 3.63) is 36.1 Å². The van der Waals surface area contributed by atoms with Crippen molar-refractivity contribution < 1.29 is 22.4 Å². The van der Waals surface area contributed by atoms with Crippen molar-refractivity contribution in [2.45, 2.75) is 50.9 Å². The summed E-state index contributed by atoms with van der Waals surface area (Å²) in [6, 6.07) is 8.05. The first-order chi connectivity index (χ1) is 11.8. The number of benzene rings is 1. The molecular formula is C18H21F3N2O2. The Balaban J connectivity index is 1.56. The zero-order chi connectivity index (χ0) is 18.0. The van der Waals surface area contributed by atoms with Crippen LogP contribution in [-0.2, 0) is 0 Å². The zero-order valence-electron chi connectivity index (χ0n) is 13.9. The second-order valence-corrected chi connectivity index (χ2v) is 6.63. The number of hydrogen-bond acceptors (Lipinski definition) is 2. The molecule has 25 heavy (non-hydrogen) atoms. The Hall–Kier alpha value is -2.18. The van der Waals surface area contributed by atoms with Gasteiger partial charge in [-0.1, -0.05) is 24.6 Å². The van der Waals surface area contributed by atoms with E-state index in [4.69, 9.17) is 4.42 Å². The van der Waals surface area contributed by atoms with Crippen molar-refractivity contribution in [1.29, 1.82) is 0 Å². The van der Waals surface area contributed by atoms with E-state index >= 15 is 0 Å². The van der Waals surface area contributed by atoms with Crippen molar-refractivity contribution >= 4 is 17.0 Å². The van der Waals surface area contributed by atoms with Gasteiger partial charge in [0.25, 0.3) is 0 Å². The van der Waals surface area contributed by atoms with Gasteiger partial charge in [0.2, 0.25) is 0 Å². The van der Waals surface area contributed by atoms with Gasteiger partial charge >= 0.3 is 12.2 Å². The molecule has 0 bridgehead atoms. The maximum absolute atomic E-state index is 12.8. The minimum absolute atomic E-state index is 0.0596. The highest BCUT2D eigenvalue weighted by Gasteiger charge is 2.42. The smallest absolute Gasteiger partial charge is 0.391 e. The van der Waals surface area contributed by atoms with E-state index in [9.17, 15) is 18.0 Å². The molecule has 2 aromatic rings. The number of rotatable bonds is 3. The number of carbonyl (C=O) groups excluding carboxylic acids is 1. The number of para-hydroxylation sites is 1. The van der Waals surface area contributed by atoms with E-state index in [0.29, 0.717) is 18.6 Å². The lowest BCUT2D eigenvalue weighted by atomic mass is 9.85. The van der Waals surface area contributed by atoms with Crippen molar-refractivity contribution in [2.24, 2.45) is 5.92 Å². The number of hydrogen-bond donors (Lipinski definition) is 2. The molecule has 0 spiro atoms. The van der Waals surface area contributed by atoms with Gasteiger partial charge in [-0.3, -0.25) is 0 Å². The fourth-order valence-electron chi connectivity index (χ4n) is 3.33. The molecule has 3 rings (SSSR count). The van der Waals surface area contributed by atoms with Crippen LogP contribution in [0.1, 0.15) is 44.4 Å². The summed E-state index contributed by atoms with van der Waals surface area (Å²) in [5.41, 5.74) is 0.729. The molecule has 1 aliphatic rings. The van der Waals surface area contributed by atoms with Crippen molar-refractivity contribution in [2.75, 3.05) is 0 Å². The Labute approximate surface area is 143 Å². The first-order valence-corrected chi connectivity index (χ1v) is 8.45. The Morgan fingerprint density at radius 3 is 2.76 bits per heavy atom. The molecule has 1 aromatic carbocycles. The SMILES string of the molecule is CC(NC(=O)NC1CCCC(C(F)(F)F)C1)c1cc2ccccc2o1. The molecule has 3 unspecified atom stereocenters. The summed E-state index contributed by atoms with van der Waals surface area (Å²) in [6.07, 6.45) is -3.08. The summed E-state index contributed by atoms with van der Waals surface area (Å²) in [5.74, 6) is -0.729. The zero-order valence-corrected chi connectivity index (χ0v) is 13.9. The van der Waals surface area contributed by atoms with E-state index < -0.39 is 24.2 Å². The second kappa shape index (κ2) is 6.98. The normalized spacial score (nSPS) is 22.6. The Bertz CT molecular complexity index is 708. The largest absolute Gasteiger partial charge is 0.459 e. The maximum Gasteiger partial charge on any atom is 0.391 e. The van der Waals surface area contributed by atoms with Crippen LogP contribution in [0, 0.1) is 5.92 Å². The van der Waals surface area contributed by atoms with Crippen molar-refractivity contribution in [3.8, 4) is 0 Å². The van der Waals surface area contributed by atoms with Crippen LogP contribution in [0.5, 0.6) is 0 Å². The number of amides is 2. The molecule has 2 N–H and O–H groups in total. The summed E-state index contributed by atoms with van der Waals surface area (Å²) in [4.78, 5) is 12.1. The molecule has 136 valence electrons. The van der Waals surface area contributed by atoms with Gasteiger partial charge < -0.3 is 15.1 Å². The van der Waals surface area contributed by atoms with Crippen LogP contribution in [0.4, 0.5) is 18.0 Å². The van der Waals surface area contributed by atoms with Crippen LogP contribution in [0.15, 0.2) is 34.7 Å². The van der Waals surface area contributed by atoms with Gasteiger partial charge in [-0.15, -0.1) is 0 Å². The third-order valence-electron chi connectivity index (χ3n) is 4.69. The number of carbonyl (C=O) groups is 1.